The number of hydrogen-bond donors (Lipinski definition) is 0. The fourth-order valence-electron chi connectivity index (χ4n) is 3.27. The molecule has 0 amide bonds. The number of aromatic nitrogens is 2. The number of rotatable bonds is 5. The Balaban J connectivity index is 1.85. The summed E-state index contributed by atoms with van der Waals surface area (Å²) in [7, 11) is 3.00. The van der Waals surface area contributed by atoms with Crippen LogP contribution in [-0.2, 0) is 13.6 Å². The summed E-state index contributed by atoms with van der Waals surface area (Å²) in [6, 6.07) is 13.8. The molecule has 6 nitrogen and oxygen atoms in total. The third kappa shape index (κ3) is 3.46. The molecule has 4 rings (SSSR count). The molecule has 2 aromatic heterocycles. The molecule has 0 radical (unpaired) electrons. The molecule has 0 aliphatic heterocycles. The lowest BCUT2D eigenvalue weighted by atomic mass is 10.1. The smallest absolute Gasteiger partial charge is 0.332 e. The maximum atomic E-state index is 12.9. The average molecular weight is 441 g/mol. The lowest BCUT2D eigenvalue weighted by molar-refractivity contribution is 0.0971. The van der Waals surface area contributed by atoms with Crippen LogP contribution in [0.4, 0.5) is 0 Å². The Kier molecular flexibility index (Phi) is 5.32. The summed E-state index contributed by atoms with van der Waals surface area (Å²) in [4.78, 5) is 38.9. The first-order valence-electron chi connectivity index (χ1n) is 9.05. The number of benzene rings is 2. The SMILES string of the molecule is COc1ccc(-c2csc3c2c(=O)n(C)c(=O)n3CC(=O)c2ccc(Cl)cc2)cc1. The van der Waals surface area contributed by atoms with Gasteiger partial charge in [-0.3, -0.25) is 18.7 Å². The zero-order chi connectivity index (χ0) is 21.4. The topological polar surface area (TPSA) is 70.3 Å². The monoisotopic (exact) mass is 440 g/mol. The number of methoxy groups -OCH3 is 1. The molecule has 2 aromatic carbocycles. The minimum absolute atomic E-state index is 0.173. The number of hydrogen-bond acceptors (Lipinski definition) is 5. The van der Waals surface area contributed by atoms with Gasteiger partial charge in [-0.25, -0.2) is 4.79 Å². The molecule has 0 bridgehead atoms. The van der Waals surface area contributed by atoms with E-state index in [-0.39, 0.29) is 12.3 Å². The Hall–Kier alpha value is -3.16. The molecular formula is C22H17ClN2O4S. The van der Waals surface area contributed by atoms with Crippen LogP contribution in [0.3, 0.4) is 0 Å². The highest BCUT2D eigenvalue weighted by molar-refractivity contribution is 7.17. The van der Waals surface area contributed by atoms with E-state index < -0.39 is 11.2 Å². The van der Waals surface area contributed by atoms with Crippen LogP contribution in [-0.4, -0.2) is 22.0 Å². The van der Waals surface area contributed by atoms with E-state index in [0.29, 0.717) is 32.1 Å². The van der Waals surface area contributed by atoms with Crippen LogP contribution < -0.4 is 16.0 Å². The van der Waals surface area contributed by atoms with E-state index in [1.165, 1.54) is 23.0 Å². The zero-order valence-electron chi connectivity index (χ0n) is 16.2. The summed E-state index contributed by atoms with van der Waals surface area (Å²) in [6.07, 6.45) is 0. The molecule has 0 N–H and O–H groups in total. The summed E-state index contributed by atoms with van der Waals surface area (Å²) >= 11 is 7.15. The van der Waals surface area contributed by atoms with Gasteiger partial charge in [0.05, 0.1) is 19.0 Å². The lowest BCUT2D eigenvalue weighted by Gasteiger charge is -2.10. The second-order valence-electron chi connectivity index (χ2n) is 6.72. The van der Waals surface area contributed by atoms with Crippen molar-refractivity contribution in [2.45, 2.75) is 6.54 Å². The number of carbonyl (C=O) groups excluding carboxylic acids is 1. The van der Waals surface area contributed by atoms with E-state index in [9.17, 15) is 14.4 Å². The highest BCUT2D eigenvalue weighted by Crippen LogP contribution is 2.32. The first-order chi connectivity index (χ1) is 14.4. The molecule has 0 saturated carbocycles. The summed E-state index contributed by atoms with van der Waals surface area (Å²) in [5.74, 6) is 0.463. The standard InChI is InChI=1S/C22H17ClN2O4S/c1-24-20(27)19-17(13-5-9-16(29-2)10-6-13)12-30-21(19)25(22(24)28)11-18(26)14-3-7-15(23)8-4-14/h3-10,12H,11H2,1-2H3. The molecule has 30 heavy (non-hydrogen) atoms. The first kappa shape index (κ1) is 20.1. The number of ether oxygens (including phenoxy) is 1. The van der Waals surface area contributed by atoms with Gasteiger partial charge in [-0.05, 0) is 42.0 Å². The number of nitrogens with zero attached hydrogens (tertiary/aromatic N) is 2. The van der Waals surface area contributed by atoms with E-state index in [4.69, 9.17) is 16.3 Å². The molecule has 2 heterocycles. The minimum atomic E-state index is -0.530. The number of ketones is 1. The molecule has 0 saturated heterocycles. The van der Waals surface area contributed by atoms with Crippen molar-refractivity contribution in [1.82, 2.24) is 9.13 Å². The van der Waals surface area contributed by atoms with Crippen LogP contribution >= 0.6 is 22.9 Å². The minimum Gasteiger partial charge on any atom is -0.497 e. The third-order valence-corrected chi connectivity index (χ3v) is 6.18. The van der Waals surface area contributed by atoms with Gasteiger partial charge in [-0.1, -0.05) is 23.7 Å². The van der Waals surface area contributed by atoms with Crippen LogP contribution in [0, 0.1) is 0 Å². The number of halogens is 1. The van der Waals surface area contributed by atoms with E-state index in [1.54, 1.807) is 31.4 Å². The van der Waals surface area contributed by atoms with Gasteiger partial charge < -0.3 is 4.74 Å². The Bertz CT molecular complexity index is 1370. The van der Waals surface area contributed by atoms with Crippen LogP contribution in [0.1, 0.15) is 10.4 Å². The van der Waals surface area contributed by atoms with Gasteiger partial charge in [0.15, 0.2) is 5.78 Å². The highest BCUT2D eigenvalue weighted by Gasteiger charge is 2.19. The maximum absolute atomic E-state index is 12.9. The molecule has 0 aliphatic carbocycles. The van der Waals surface area contributed by atoms with Gasteiger partial charge in [-0.2, -0.15) is 0 Å². The second-order valence-corrected chi connectivity index (χ2v) is 8.02. The predicted molar refractivity (Wildman–Crippen MR) is 119 cm³/mol. The highest BCUT2D eigenvalue weighted by atomic mass is 35.5. The Morgan fingerprint density at radius 2 is 1.73 bits per heavy atom. The van der Waals surface area contributed by atoms with Crippen LogP contribution in [0.15, 0.2) is 63.5 Å². The summed E-state index contributed by atoms with van der Waals surface area (Å²) in [5, 5.41) is 2.77. The van der Waals surface area contributed by atoms with Crippen molar-refractivity contribution in [2.75, 3.05) is 7.11 Å². The molecule has 0 atom stereocenters. The molecule has 0 unspecified atom stereocenters. The number of carbonyl (C=O) groups is 1. The zero-order valence-corrected chi connectivity index (χ0v) is 17.8. The van der Waals surface area contributed by atoms with Crippen molar-refractivity contribution in [3.05, 3.63) is 85.3 Å². The Morgan fingerprint density at radius 1 is 1.07 bits per heavy atom. The molecule has 8 heteroatoms. The van der Waals surface area contributed by atoms with Gasteiger partial charge in [0.1, 0.15) is 10.6 Å². The molecule has 4 aromatic rings. The fourth-order valence-corrected chi connectivity index (χ4v) is 4.46. The summed E-state index contributed by atoms with van der Waals surface area (Å²) < 4.78 is 7.58. The van der Waals surface area contributed by atoms with Gasteiger partial charge in [-0.15, -0.1) is 11.3 Å². The van der Waals surface area contributed by atoms with Crippen molar-refractivity contribution in [1.29, 1.82) is 0 Å². The number of thiophene rings is 1. The lowest BCUT2D eigenvalue weighted by Crippen LogP contribution is -2.39. The predicted octanol–water partition coefficient (Wildman–Crippen LogP) is 3.97. The van der Waals surface area contributed by atoms with Crippen LogP contribution in [0.2, 0.25) is 5.02 Å². The van der Waals surface area contributed by atoms with Gasteiger partial charge >= 0.3 is 5.69 Å². The Morgan fingerprint density at radius 3 is 2.37 bits per heavy atom. The number of Topliss-reactive ketones (excluding diaryl/α,β-unsaturated/α-hetero) is 1. The normalized spacial score (nSPS) is 11.0. The quantitative estimate of drug-likeness (QED) is 0.440. The summed E-state index contributed by atoms with van der Waals surface area (Å²) in [6.45, 7) is -0.173. The molecule has 0 aliphatic rings. The van der Waals surface area contributed by atoms with E-state index in [2.05, 4.69) is 0 Å². The number of fused-ring (bicyclic) bond motifs is 1. The van der Waals surface area contributed by atoms with Gasteiger partial charge in [0.2, 0.25) is 0 Å². The van der Waals surface area contributed by atoms with Crippen molar-refractivity contribution >= 4 is 38.9 Å². The van der Waals surface area contributed by atoms with Crippen molar-refractivity contribution in [2.24, 2.45) is 7.05 Å². The van der Waals surface area contributed by atoms with Crippen molar-refractivity contribution in [3.8, 4) is 16.9 Å². The molecule has 0 spiro atoms. The summed E-state index contributed by atoms with van der Waals surface area (Å²) in [5.41, 5.74) is 1.06. The van der Waals surface area contributed by atoms with E-state index >= 15 is 0 Å². The van der Waals surface area contributed by atoms with Crippen LogP contribution in [0.5, 0.6) is 5.75 Å². The third-order valence-electron chi connectivity index (χ3n) is 4.92. The van der Waals surface area contributed by atoms with Crippen molar-refractivity contribution < 1.29 is 9.53 Å². The average Bonchev–Trinajstić information content (AvgIpc) is 3.20. The van der Waals surface area contributed by atoms with Gasteiger partial charge in [0, 0.05) is 28.6 Å². The second kappa shape index (κ2) is 7.93. The fraction of sp³-hybridized carbons (Fsp3) is 0.136. The van der Waals surface area contributed by atoms with E-state index in [1.807, 2.05) is 29.6 Å². The molecule has 0 fully saturated rings. The van der Waals surface area contributed by atoms with E-state index in [0.717, 1.165) is 10.1 Å². The Labute approximate surface area is 180 Å². The van der Waals surface area contributed by atoms with Crippen LogP contribution in [0.25, 0.3) is 21.3 Å². The first-order valence-corrected chi connectivity index (χ1v) is 10.3. The molecule has 152 valence electrons. The van der Waals surface area contributed by atoms with Gasteiger partial charge in [0.25, 0.3) is 5.56 Å². The maximum Gasteiger partial charge on any atom is 0.332 e. The van der Waals surface area contributed by atoms with Crippen molar-refractivity contribution in [3.63, 3.8) is 0 Å². The largest absolute Gasteiger partial charge is 0.497 e. The molecular weight excluding hydrogens is 424 g/mol.